The number of benzene rings is 2. The van der Waals surface area contributed by atoms with Gasteiger partial charge in [0.05, 0.1) is 33.6 Å². The van der Waals surface area contributed by atoms with Crippen molar-refractivity contribution < 1.29 is 17.6 Å². The van der Waals surface area contributed by atoms with Crippen molar-refractivity contribution in [2.45, 2.75) is 50.9 Å². The molecule has 40 heavy (non-hydrogen) atoms. The van der Waals surface area contributed by atoms with Gasteiger partial charge < -0.3 is 4.90 Å². The zero-order chi connectivity index (χ0) is 27.9. The van der Waals surface area contributed by atoms with Gasteiger partial charge in [-0.25, -0.2) is 17.8 Å². The van der Waals surface area contributed by atoms with Crippen LogP contribution in [0.25, 0.3) is 21.0 Å². The van der Waals surface area contributed by atoms with Crippen molar-refractivity contribution in [2.24, 2.45) is 11.3 Å². The molecule has 2 atom stereocenters. The third-order valence-corrected chi connectivity index (χ3v) is 11.5. The molecule has 2 aliphatic carbocycles. The minimum absolute atomic E-state index is 0.0451. The highest BCUT2D eigenvalue weighted by molar-refractivity contribution is 7.91. The molecule has 3 aromatic rings. The number of sulfone groups is 1. The zero-order valence-electron chi connectivity index (χ0n) is 22.3. The van der Waals surface area contributed by atoms with E-state index in [0.29, 0.717) is 25.1 Å². The normalized spacial score (nSPS) is 23.4. The van der Waals surface area contributed by atoms with E-state index in [1.165, 1.54) is 23.5 Å². The molecule has 6 rings (SSSR count). The predicted octanol–water partition coefficient (Wildman–Crippen LogP) is 6.39. The quantitative estimate of drug-likeness (QED) is 0.323. The van der Waals surface area contributed by atoms with Crippen LogP contribution in [0.4, 0.5) is 10.1 Å². The van der Waals surface area contributed by atoms with E-state index < -0.39 is 15.3 Å². The number of nitrogens with zero attached hydrogens (tertiary/aromatic N) is 3. The number of hydrogen-bond donors (Lipinski definition) is 0. The molecule has 0 N–H and O–H groups in total. The third-order valence-electron chi connectivity index (χ3n) is 8.70. The summed E-state index contributed by atoms with van der Waals surface area (Å²) >= 11 is 1.52. The summed E-state index contributed by atoms with van der Waals surface area (Å²) in [5, 5.41) is 10.3. The second-order valence-corrected chi connectivity index (χ2v) is 14.8. The first-order chi connectivity index (χ1) is 19.3. The Balaban J connectivity index is 1.35. The maximum absolute atomic E-state index is 14.1. The van der Waals surface area contributed by atoms with Gasteiger partial charge in [-0.2, -0.15) is 5.26 Å². The molecule has 2 aromatic carbocycles. The first-order valence-electron chi connectivity index (χ1n) is 14.0. The Kier molecular flexibility index (Phi) is 7.26. The molecule has 0 spiro atoms. The molecule has 1 aliphatic heterocycles. The molecule has 9 heteroatoms. The van der Waals surface area contributed by atoms with E-state index in [-0.39, 0.29) is 34.9 Å². The number of rotatable bonds is 7. The van der Waals surface area contributed by atoms with E-state index >= 15 is 0 Å². The molecular weight excluding hydrogens is 545 g/mol. The van der Waals surface area contributed by atoms with Crippen LogP contribution in [0.2, 0.25) is 0 Å². The Labute approximate surface area is 238 Å². The second kappa shape index (κ2) is 10.7. The van der Waals surface area contributed by atoms with Crippen molar-refractivity contribution in [3.63, 3.8) is 0 Å². The first-order valence-corrected chi connectivity index (χ1v) is 16.7. The van der Waals surface area contributed by atoms with E-state index in [2.05, 4.69) is 11.0 Å². The van der Waals surface area contributed by atoms with Crippen LogP contribution in [0.1, 0.15) is 56.6 Å². The number of nitriles is 1. The molecule has 2 saturated carbocycles. The highest BCUT2D eigenvalue weighted by atomic mass is 32.2. The van der Waals surface area contributed by atoms with Gasteiger partial charge in [-0.1, -0.05) is 37.1 Å². The number of hydrogen-bond acceptors (Lipinski definition) is 7. The summed E-state index contributed by atoms with van der Waals surface area (Å²) in [6, 6.07) is 16.9. The number of thiazole rings is 1. The number of aromatic nitrogens is 1. The number of carbonyl (C=O) groups excluding carboxylic acids is 1. The van der Waals surface area contributed by atoms with Gasteiger partial charge in [-0.3, -0.25) is 4.79 Å². The van der Waals surface area contributed by atoms with Crippen LogP contribution in [0.5, 0.6) is 0 Å². The molecule has 1 saturated heterocycles. The smallest absolute Gasteiger partial charge is 0.153 e. The largest absolute Gasteiger partial charge is 0.369 e. The standard InChI is InChI=1S/C31H32FN3O3S2/c32-23-5-3-4-22(18-23)30-34-28(26-7-2-1-6-25(26)27(36)19-31(20-33)12-13-31)29(39-30)21-8-10-24(11-9-21)35-14-16-40(37,38)17-15-35/h3-5,8-11,18,25-26H,1-2,6-7,12-17,19H2/t25-,26-/m1/s1. The second-order valence-electron chi connectivity index (χ2n) is 11.5. The van der Waals surface area contributed by atoms with Crippen LogP contribution in [-0.4, -0.2) is 43.8 Å². The summed E-state index contributed by atoms with van der Waals surface area (Å²) in [5.74, 6) is -0.0400. The SMILES string of the molecule is N#CC1(CC(=O)[C@@H]2CCCC[C@H]2c2nc(-c3cccc(F)c3)sc2-c2ccc(N3CCS(=O)(=O)CC3)cc2)CC1. The summed E-state index contributed by atoms with van der Waals surface area (Å²) in [4.78, 5) is 21.7. The highest BCUT2D eigenvalue weighted by Crippen LogP contribution is 2.51. The fraction of sp³-hybridized carbons (Fsp3) is 0.452. The van der Waals surface area contributed by atoms with Crippen LogP contribution in [0.15, 0.2) is 48.5 Å². The molecule has 208 valence electrons. The number of Topliss-reactive ketones (excluding diaryl/α,β-unsaturated/α-hetero) is 1. The summed E-state index contributed by atoms with van der Waals surface area (Å²) in [6.07, 6.45) is 5.58. The maximum atomic E-state index is 14.1. The van der Waals surface area contributed by atoms with Crippen LogP contribution in [-0.2, 0) is 14.6 Å². The Bertz CT molecular complexity index is 1560. The number of anilines is 1. The lowest BCUT2D eigenvalue weighted by Crippen LogP contribution is -2.40. The summed E-state index contributed by atoms with van der Waals surface area (Å²) in [7, 11) is -2.96. The van der Waals surface area contributed by atoms with Gasteiger partial charge in [0.15, 0.2) is 9.84 Å². The molecule has 3 aliphatic rings. The number of carbonyl (C=O) groups is 1. The van der Waals surface area contributed by atoms with E-state index in [0.717, 1.165) is 65.4 Å². The molecule has 0 radical (unpaired) electrons. The van der Waals surface area contributed by atoms with Crippen LogP contribution in [0, 0.1) is 28.5 Å². The van der Waals surface area contributed by atoms with E-state index in [1.54, 1.807) is 6.07 Å². The van der Waals surface area contributed by atoms with Crippen LogP contribution in [0.3, 0.4) is 0 Å². The fourth-order valence-corrected chi connectivity index (χ4v) is 8.46. The number of halogens is 1. The molecule has 1 aromatic heterocycles. The Morgan fingerprint density at radius 3 is 2.48 bits per heavy atom. The fourth-order valence-electron chi connectivity index (χ4n) is 6.12. The molecule has 6 nitrogen and oxygen atoms in total. The van der Waals surface area contributed by atoms with Gasteiger partial charge >= 0.3 is 0 Å². The predicted molar refractivity (Wildman–Crippen MR) is 155 cm³/mol. The lowest BCUT2D eigenvalue weighted by molar-refractivity contribution is -0.125. The van der Waals surface area contributed by atoms with Gasteiger partial charge in [-0.05, 0) is 55.5 Å². The average molecular weight is 578 g/mol. The highest BCUT2D eigenvalue weighted by Gasteiger charge is 2.47. The van der Waals surface area contributed by atoms with Crippen LogP contribution < -0.4 is 4.90 Å². The van der Waals surface area contributed by atoms with Crippen molar-refractivity contribution in [1.29, 1.82) is 5.26 Å². The maximum Gasteiger partial charge on any atom is 0.153 e. The van der Waals surface area contributed by atoms with Gasteiger partial charge in [0, 0.05) is 42.6 Å². The lowest BCUT2D eigenvalue weighted by atomic mass is 9.73. The van der Waals surface area contributed by atoms with Crippen molar-refractivity contribution in [3.05, 3.63) is 60.0 Å². The van der Waals surface area contributed by atoms with Gasteiger partial charge in [0.1, 0.15) is 16.6 Å². The first kappa shape index (κ1) is 27.1. The minimum Gasteiger partial charge on any atom is -0.369 e. The van der Waals surface area contributed by atoms with E-state index in [4.69, 9.17) is 4.98 Å². The van der Waals surface area contributed by atoms with Crippen LogP contribution >= 0.6 is 11.3 Å². The minimum atomic E-state index is -2.96. The molecule has 0 amide bonds. The number of ketones is 1. The Morgan fingerprint density at radius 1 is 1.07 bits per heavy atom. The Hall–Kier alpha value is -3.09. The van der Waals surface area contributed by atoms with E-state index in [9.17, 15) is 22.9 Å². The third kappa shape index (κ3) is 5.57. The topological polar surface area (TPSA) is 91.1 Å². The zero-order valence-corrected chi connectivity index (χ0v) is 23.9. The summed E-state index contributed by atoms with van der Waals surface area (Å²) in [6.45, 7) is 0.959. The molecular formula is C31H32FN3O3S2. The summed E-state index contributed by atoms with van der Waals surface area (Å²) < 4.78 is 37.9. The van der Waals surface area contributed by atoms with E-state index in [1.807, 2.05) is 30.3 Å². The molecule has 3 fully saturated rings. The molecule has 0 bridgehead atoms. The molecule has 0 unspecified atom stereocenters. The van der Waals surface area contributed by atoms with Crippen molar-refractivity contribution in [1.82, 2.24) is 4.98 Å². The molecule has 2 heterocycles. The Morgan fingerprint density at radius 2 is 1.80 bits per heavy atom. The van der Waals surface area contributed by atoms with Crippen molar-refractivity contribution in [3.8, 4) is 27.1 Å². The van der Waals surface area contributed by atoms with Crippen molar-refractivity contribution >= 4 is 32.6 Å². The van der Waals surface area contributed by atoms with Gasteiger partial charge in [0.2, 0.25) is 0 Å². The van der Waals surface area contributed by atoms with Gasteiger partial charge in [0.25, 0.3) is 0 Å². The van der Waals surface area contributed by atoms with Gasteiger partial charge in [-0.15, -0.1) is 11.3 Å². The summed E-state index contributed by atoms with van der Waals surface area (Å²) in [5.41, 5.74) is 3.09. The van der Waals surface area contributed by atoms with Crippen molar-refractivity contribution in [2.75, 3.05) is 29.5 Å². The monoisotopic (exact) mass is 577 g/mol. The lowest BCUT2D eigenvalue weighted by Gasteiger charge is -2.31. The average Bonchev–Trinajstić information content (AvgIpc) is 3.59.